The van der Waals surface area contributed by atoms with Gasteiger partial charge in [0.05, 0.1) is 17.0 Å². The fourth-order valence-corrected chi connectivity index (χ4v) is 3.99. The lowest BCUT2D eigenvalue weighted by molar-refractivity contribution is -0.113. The van der Waals surface area contributed by atoms with Crippen molar-refractivity contribution in [3.8, 4) is 5.69 Å². The first-order valence-corrected chi connectivity index (χ1v) is 10.3. The number of benzene rings is 2. The summed E-state index contributed by atoms with van der Waals surface area (Å²) in [6.45, 7) is 1.83. The molecule has 2 N–H and O–H groups in total. The number of amides is 1. The Balaban J connectivity index is 1.66. The third kappa shape index (κ3) is 4.24. The Morgan fingerprint density at radius 2 is 2.00 bits per heavy atom. The molecule has 2 heterocycles. The minimum atomic E-state index is -0.411. The van der Waals surface area contributed by atoms with Gasteiger partial charge in [-0.2, -0.15) is 0 Å². The van der Waals surface area contributed by atoms with Gasteiger partial charge in [-0.1, -0.05) is 29.4 Å². The number of aromatic nitrogens is 3. The molecule has 4 aromatic rings. The number of carbonyl (C=O) groups excluding carboxylic acids is 1. The van der Waals surface area contributed by atoms with Crippen molar-refractivity contribution in [2.75, 3.05) is 11.1 Å². The topological polar surface area (TPSA) is 79.8 Å². The molecule has 6 nitrogen and oxygen atoms in total. The summed E-state index contributed by atoms with van der Waals surface area (Å²) in [6, 6.07) is 14.1. The number of H-pyrrole nitrogens is 1. The van der Waals surface area contributed by atoms with Gasteiger partial charge in [-0.15, -0.1) is 0 Å². The molecule has 30 heavy (non-hydrogen) atoms. The lowest BCUT2D eigenvalue weighted by Crippen LogP contribution is -2.23. The Bertz CT molecular complexity index is 1300. The minimum Gasteiger partial charge on any atom is -0.353 e. The van der Waals surface area contributed by atoms with Crippen molar-refractivity contribution in [2.45, 2.75) is 12.1 Å². The molecule has 0 fully saturated rings. The highest BCUT2D eigenvalue weighted by Crippen LogP contribution is 2.22. The second-order valence-corrected chi connectivity index (χ2v) is 7.95. The predicted octanol–water partition coefficient (Wildman–Crippen LogP) is 4.55. The maximum atomic E-state index is 13.4. The lowest BCUT2D eigenvalue weighted by Gasteiger charge is -2.12. The van der Waals surface area contributed by atoms with Crippen LogP contribution in [0.15, 0.2) is 64.5 Å². The molecule has 4 rings (SSSR count). The second-order valence-electron chi connectivity index (χ2n) is 6.57. The number of thioether (sulfide) groups is 1. The van der Waals surface area contributed by atoms with E-state index in [1.54, 1.807) is 30.3 Å². The van der Waals surface area contributed by atoms with E-state index in [0.717, 1.165) is 17.5 Å². The van der Waals surface area contributed by atoms with Gasteiger partial charge in [-0.3, -0.25) is 14.2 Å². The molecule has 0 aliphatic heterocycles. The van der Waals surface area contributed by atoms with Crippen LogP contribution < -0.4 is 10.9 Å². The van der Waals surface area contributed by atoms with E-state index in [-0.39, 0.29) is 17.2 Å². The Morgan fingerprint density at radius 3 is 2.73 bits per heavy atom. The van der Waals surface area contributed by atoms with Crippen LogP contribution in [0.4, 0.5) is 10.1 Å². The van der Waals surface area contributed by atoms with Crippen LogP contribution in [0.5, 0.6) is 0 Å². The van der Waals surface area contributed by atoms with Gasteiger partial charge in [0, 0.05) is 16.4 Å². The molecule has 2 aromatic heterocycles. The largest absolute Gasteiger partial charge is 0.353 e. The molecule has 2 aromatic carbocycles. The van der Waals surface area contributed by atoms with E-state index in [9.17, 15) is 14.0 Å². The Kier molecular flexibility index (Phi) is 5.61. The number of aryl methyl sites for hydroxylation is 1. The predicted molar refractivity (Wildman–Crippen MR) is 117 cm³/mol. The Morgan fingerprint density at radius 1 is 1.23 bits per heavy atom. The van der Waals surface area contributed by atoms with Gasteiger partial charge >= 0.3 is 0 Å². The summed E-state index contributed by atoms with van der Waals surface area (Å²) in [7, 11) is 0. The van der Waals surface area contributed by atoms with Crippen LogP contribution in [0.2, 0.25) is 5.02 Å². The molecule has 0 saturated carbocycles. The molecule has 9 heteroatoms. The maximum absolute atomic E-state index is 13.4. The molecule has 0 unspecified atom stereocenters. The summed E-state index contributed by atoms with van der Waals surface area (Å²) in [4.78, 5) is 33.0. The molecule has 0 spiro atoms. The van der Waals surface area contributed by atoms with Crippen molar-refractivity contribution < 1.29 is 9.18 Å². The number of aromatic amines is 1. The first kappa shape index (κ1) is 20.2. The van der Waals surface area contributed by atoms with Gasteiger partial charge in [0.15, 0.2) is 5.16 Å². The van der Waals surface area contributed by atoms with Crippen molar-refractivity contribution in [3.63, 3.8) is 0 Å². The summed E-state index contributed by atoms with van der Waals surface area (Å²) in [5.41, 5.74) is 2.37. The van der Waals surface area contributed by atoms with Gasteiger partial charge in [0.25, 0.3) is 5.56 Å². The van der Waals surface area contributed by atoms with Crippen LogP contribution in [0.25, 0.3) is 16.7 Å². The smallest absolute Gasteiger partial charge is 0.283 e. The van der Waals surface area contributed by atoms with Gasteiger partial charge < -0.3 is 10.3 Å². The lowest BCUT2D eigenvalue weighted by atomic mass is 10.3. The molecular weight excluding hydrogens is 427 g/mol. The van der Waals surface area contributed by atoms with Crippen LogP contribution in [0.1, 0.15) is 5.69 Å². The number of hydrogen-bond acceptors (Lipinski definition) is 4. The van der Waals surface area contributed by atoms with Gasteiger partial charge in [0.1, 0.15) is 11.3 Å². The third-order valence-electron chi connectivity index (χ3n) is 4.28. The van der Waals surface area contributed by atoms with E-state index >= 15 is 0 Å². The molecule has 0 atom stereocenters. The first-order valence-electron chi connectivity index (χ1n) is 8.97. The van der Waals surface area contributed by atoms with Crippen LogP contribution >= 0.6 is 23.4 Å². The van der Waals surface area contributed by atoms with Crippen molar-refractivity contribution in [1.29, 1.82) is 0 Å². The van der Waals surface area contributed by atoms with Crippen molar-refractivity contribution >= 4 is 46.0 Å². The number of anilines is 1. The molecule has 152 valence electrons. The Labute approximate surface area is 180 Å². The molecular formula is C21H16ClFN4O2S. The van der Waals surface area contributed by atoms with Crippen LogP contribution in [0, 0.1) is 12.7 Å². The first-order chi connectivity index (χ1) is 14.4. The van der Waals surface area contributed by atoms with Crippen molar-refractivity contribution in [1.82, 2.24) is 14.5 Å². The zero-order chi connectivity index (χ0) is 21.3. The average Bonchev–Trinajstić information content (AvgIpc) is 3.08. The summed E-state index contributed by atoms with van der Waals surface area (Å²) in [6.07, 6.45) is 0. The SMILES string of the molecule is Cc1cc2nc(SCC(=O)Nc3cccc(Cl)c3)n(-c3ccc(F)cc3)c(=O)c2[nH]1. The second kappa shape index (κ2) is 8.33. The summed E-state index contributed by atoms with van der Waals surface area (Å²) < 4.78 is 14.7. The van der Waals surface area contributed by atoms with E-state index in [0.29, 0.717) is 32.6 Å². The molecule has 1 amide bonds. The van der Waals surface area contributed by atoms with Crippen molar-refractivity contribution in [2.24, 2.45) is 0 Å². The van der Waals surface area contributed by atoms with Crippen LogP contribution in [0.3, 0.4) is 0 Å². The summed E-state index contributed by atoms with van der Waals surface area (Å²) in [5, 5.41) is 3.61. The standard InChI is InChI=1S/C21H16ClFN4O2S/c1-12-9-17-19(24-12)20(29)27(16-7-5-14(23)6-8-16)21(26-17)30-11-18(28)25-15-4-2-3-13(22)10-15/h2-10,24H,11H2,1H3,(H,25,28). The number of carbonyl (C=O) groups is 1. The van der Waals surface area contributed by atoms with Gasteiger partial charge in [-0.25, -0.2) is 9.37 Å². The number of rotatable bonds is 5. The quantitative estimate of drug-likeness (QED) is 0.351. The maximum Gasteiger partial charge on any atom is 0.283 e. The van der Waals surface area contributed by atoms with E-state index in [1.807, 2.05) is 6.92 Å². The van der Waals surface area contributed by atoms with Crippen molar-refractivity contribution in [3.05, 3.63) is 81.5 Å². The summed E-state index contributed by atoms with van der Waals surface area (Å²) in [5.74, 6) is -0.658. The normalized spacial score (nSPS) is 11.0. The number of hydrogen-bond donors (Lipinski definition) is 2. The average molecular weight is 443 g/mol. The van der Waals surface area contributed by atoms with E-state index in [1.165, 1.54) is 28.8 Å². The van der Waals surface area contributed by atoms with E-state index in [4.69, 9.17) is 11.6 Å². The highest BCUT2D eigenvalue weighted by Gasteiger charge is 2.16. The van der Waals surface area contributed by atoms with Gasteiger partial charge in [0.2, 0.25) is 5.91 Å². The fraction of sp³-hybridized carbons (Fsp3) is 0.0952. The third-order valence-corrected chi connectivity index (χ3v) is 5.46. The van der Waals surface area contributed by atoms with Crippen LogP contribution in [-0.4, -0.2) is 26.2 Å². The number of fused-ring (bicyclic) bond motifs is 1. The van der Waals surface area contributed by atoms with Gasteiger partial charge in [-0.05, 0) is 55.5 Å². The monoisotopic (exact) mass is 442 g/mol. The minimum absolute atomic E-state index is 0.0229. The molecule has 0 bridgehead atoms. The molecule has 0 aliphatic rings. The van der Waals surface area contributed by atoms with Crippen LogP contribution in [-0.2, 0) is 4.79 Å². The van der Waals surface area contributed by atoms with E-state index in [2.05, 4.69) is 15.3 Å². The highest BCUT2D eigenvalue weighted by atomic mass is 35.5. The number of halogens is 2. The zero-order valence-corrected chi connectivity index (χ0v) is 17.4. The van der Waals surface area contributed by atoms with E-state index < -0.39 is 5.82 Å². The number of nitrogens with zero attached hydrogens (tertiary/aromatic N) is 2. The number of nitrogens with one attached hydrogen (secondary N) is 2. The molecule has 0 aliphatic carbocycles. The fourth-order valence-electron chi connectivity index (χ4n) is 2.99. The molecule has 0 radical (unpaired) electrons. The Hall–Kier alpha value is -3.10. The summed E-state index contributed by atoms with van der Waals surface area (Å²) >= 11 is 7.06. The zero-order valence-electron chi connectivity index (χ0n) is 15.8. The molecule has 0 saturated heterocycles. The highest BCUT2D eigenvalue weighted by molar-refractivity contribution is 7.99.